The van der Waals surface area contributed by atoms with Crippen LogP contribution in [0.1, 0.15) is 12.0 Å². The van der Waals surface area contributed by atoms with Crippen molar-refractivity contribution in [2.75, 3.05) is 33.9 Å². The summed E-state index contributed by atoms with van der Waals surface area (Å²) < 4.78 is 13.7. The Morgan fingerprint density at radius 1 is 0.882 bits per heavy atom. The van der Waals surface area contributed by atoms with Gasteiger partial charge in [0.25, 0.3) is 0 Å². The largest absolute Gasteiger partial charge is 0.494 e. The van der Waals surface area contributed by atoms with E-state index in [2.05, 4.69) is 30.0 Å². The first-order valence-corrected chi connectivity index (χ1v) is 11.8. The Kier molecular flexibility index (Phi) is 8.23. The second-order valence-electron chi connectivity index (χ2n) is 8.42. The Morgan fingerprint density at radius 2 is 1.59 bits per heavy atom. The van der Waals surface area contributed by atoms with Crippen molar-refractivity contribution < 1.29 is 9.47 Å². The number of rotatable bonds is 11. The molecule has 34 heavy (non-hydrogen) atoms. The predicted octanol–water partition coefficient (Wildman–Crippen LogP) is 6.14. The highest BCUT2D eigenvalue weighted by atomic mass is 35.5. The Hall–Kier alpha value is -3.28. The van der Waals surface area contributed by atoms with E-state index in [0.717, 1.165) is 52.9 Å². The fraction of sp³-hybridized carbons (Fsp3) is 0.250. The van der Waals surface area contributed by atoms with Gasteiger partial charge in [-0.2, -0.15) is 0 Å². The van der Waals surface area contributed by atoms with Crippen LogP contribution in [0, 0.1) is 0 Å². The van der Waals surface area contributed by atoms with E-state index in [4.69, 9.17) is 21.1 Å². The smallest absolute Gasteiger partial charge is 0.119 e. The minimum Gasteiger partial charge on any atom is -0.494 e. The molecule has 0 fully saturated rings. The highest BCUT2D eigenvalue weighted by molar-refractivity contribution is 6.30. The molecule has 0 unspecified atom stereocenters. The zero-order valence-electron chi connectivity index (χ0n) is 19.7. The molecule has 4 aromatic rings. The third-order valence-corrected chi connectivity index (χ3v) is 5.67. The van der Waals surface area contributed by atoms with E-state index in [1.165, 1.54) is 5.56 Å². The SMILES string of the molecule is CN(C)CCCOc1ccc(-n2cnc(-c3ccc(OCCc4cccc(Cl)c4)cc3)c2)cc1. The molecule has 0 saturated carbocycles. The van der Waals surface area contributed by atoms with Gasteiger partial charge in [-0.05, 0) is 86.7 Å². The van der Waals surface area contributed by atoms with Gasteiger partial charge >= 0.3 is 0 Å². The molecule has 0 saturated heterocycles. The molecule has 0 atom stereocenters. The highest BCUT2D eigenvalue weighted by Crippen LogP contribution is 2.23. The zero-order valence-corrected chi connectivity index (χ0v) is 20.4. The molecule has 6 heteroatoms. The molecular formula is C28H30ClN3O2. The van der Waals surface area contributed by atoms with Crippen molar-refractivity contribution >= 4 is 11.6 Å². The molecule has 0 radical (unpaired) electrons. The lowest BCUT2D eigenvalue weighted by Gasteiger charge is -2.10. The molecular weight excluding hydrogens is 446 g/mol. The summed E-state index contributed by atoms with van der Waals surface area (Å²) in [4.78, 5) is 6.73. The Morgan fingerprint density at radius 3 is 2.29 bits per heavy atom. The van der Waals surface area contributed by atoms with Gasteiger partial charge in [-0.1, -0.05) is 23.7 Å². The van der Waals surface area contributed by atoms with Crippen LogP contribution >= 0.6 is 11.6 Å². The number of hydrogen-bond acceptors (Lipinski definition) is 4. The van der Waals surface area contributed by atoms with E-state index in [9.17, 15) is 0 Å². The average Bonchev–Trinajstić information content (AvgIpc) is 3.33. The molecule has 176 valence electrons. The molecule has 1 heterocycles. The van der Waals surface area contributed by atoms with Crippen LogP contribution in [0.25, 0.3) is 16.9 Å². The summed E-state index contributed by atoms with van der Waals surface area (Å²) in [5.41, 5.74) is 4.16. The van der Waals surface area contributed by atoms with E-state index >= 15 is 0 Å². The molecule has 0 amide bonds. The maximum atomic E-state index is 6.04. The topological polar surface area (TPSA) is 39.5 Å². The van der Waals surface area contributed by atoms with Crippen LogP contribution in [-0.2, 0) is 6.42 Å². The summed E-state index contributed by atoms with van der Waals surface area (Å²) in [6, 6.07) is 24.0. The summed E-state index contributed by atoms with van der Waals surface area (Å²) in [6.45, 7) is 2.34. The van der Waals surface area contributed by atoms with Crippen molar-refractivity contribution in [3.05, 3.63) is 95.9 Å². The Bertz CT molecular complexity index is 1170. The highest BCUT2D eigenvalue weighted by Gasteiger charge is 2.05. The molecule has 5 nitrogen and oxygen atoms in total. The maximum absolute atomic E-state index is 6.04. The van der Waals surface area contributed by atoms with Crippen molar-refractivity contribution in [2.45, 2.75) is 12.8 Å². The lowest BCUT2D eigenvalue weighted by atomic mass is 10.1. The van der Waals surface area contributed by atoms with Gasteiger partial charge in [-0.15, -0.1) is 0 Å². The lowest BCUT2D eigenvalue weighted by molar-refractivity contribution is 0.281. The van der Waals surface area contributed by atoms with Crippen molar-refractivity contribution in [1.82, 2.24) is 14.5 Å². The van der Waals surface area contributed by atoms with Crippen LogP contribution in [0.15, 0.2) is 85.3 Å². The van der Waals surface area contributed by atoms with Crippen molar-refractivity contribution in [1.29, 1.82) is 0 Å². The van der Waals surface area contributed by atoms with Gasteiger partial charge in [0, 0.05) is 35.4 Å². The van der Waals surface area contributed by atoms with Crippen LogP contribution in [0.4, 0.5) is 0 Å². The second-order valence-corrected chi connectivity index (χ2v) is 8.85. The van der Waals surface area contributed by atoms with Gasteiger partial charge in [-0.25, -0.2) is 4.98 Å². The lowest BCUT2D eigenvalue weighted by Crippen LogP contribution is -2.15. The number of ether oxygens (including phenoxy) is 2. The molecule has 0 aliphatic heterocycles. The van der Waals surface area contributed by atoms with Gasteiger partial charge in [0.05, 0.1) is 25.2 Å². The van der Waals surface area contributed by atoms with Crippen molar-refractivity contribution in [2.24, 2.45) is 0 Å². The van der Waals surface area contributed by atoms with Gasteiger partial charge in [0.15, 0.2) is 0 Å². The Labute approximate surface area is 206 Å². The number of nitrogens with zero attached hydrogens (tertiary/aromatic N) is 3. The quantitative estimate of drug-likeness (QED) is 0.244. The average molecular weight is 476 g/mol. The molecule has 1 aromatic heterocycles. The number of benzene rings is 3. The summed E-state index contributed by atoms with van der Waals surface area (Å²) in [6.07, 6.45) is 5.68. The molecule has 0 aliphatic carbocycles. The van der Waals surface area contributed by atoms with Crippen LogP contribution in [0.5, 0.6) is 11.5 Å². The first kappa shape index (κ1) is 23.9. The maximum Gasteiger partial charge on any atom is 0.119 e. The first-order valence-electron chi connectivity index (χ1n) is 11.5. The monoisotopic (exact) mass is 475 g/mol. The summed E-state index contributed by atoms with van der Waals surface area (Å²) in [7, 11) is 4.14. The summed E-state index contributed by atoms with van der Waals surface area (Å²) in [5, 5.41) is 0.751. The van der Waals surface area contributed by atoms with E-state index in [1.54, 1.807) is 0 Å². The molecule has 3 aromatic carbocycles. The minimum absolute atomic E-state index is 0.601. The van der Waals surface area contributed by atoms with Crippen LogP contribution in [0.3, 0.4) is 0 Å². The minimum atomic E-state index is 0.601. The van der Waals surface area contributed by atoms with E-state index in [-0.39, 0.29) is 0 Å². The van der Waals surface area contributed by atoms with E-state index in [1.807, 2.05) is 83.8 Å². The molecule has 0 spiro atoms. The van der Waals surface area contributed by atoms with Gasteiger partial charge in [0.2, 0.25) is 0 Å². The molecule has 4 rings (SSSR count). The standard InChI is InChI=1S/C28H30ClN3O2/c1-31(2)16-4-17-33-27-13-9-25(10-14-27)32-20-28(30-21-32)23-7-11-26(12-8-23)34-18-15-22-5-3-6-24(29)19-22/h3,5-14,19-21H,4,15-18H2,1-2H3. The van der Waals surface area contributed by atoms with Crippen molar-refractivity contribution in [3.8, 4) is 28.4 Å². The van der Waals surface area contributed by atoms with E-state index in [0.29, 0.717) is 13.2 Å². The van der Waals surface area contributed by atoms with E-state index < -0.39 is 0 Å². The fourth-order valence-electron chi connectivity index (χ4n) is 3.60. The summed E-state index contributed by atoms with van der Waals surface area (Å²) >= 11 is 6.04. The predicted molar refractivity (Wildman–Crippen MR) is 138 cm³/mol. The Balaban J connectivity index is 1.30. The number of halogens is 1. The summed E-state index contributed by atoms with van der Waals surface area (Å²) in [5.74, 6) is 1.72. The van der Waals surface area contributed by atoms with Gasteiger partial charge in [0.1, 0.15) is 11.5 Å². The van der Waals surface area contributed by atoms with Crippen LogP contribution < -0.4 is 9.47 Å². The van der Waals surface area contributed by atoms with Gasteiger partial charge in [-0.3, -0.25) is 0 Å². The third-order valence-electron chi connectivity index (χ3n) is 5.43. The fourth-order valence-corrected chi connectivity index (χ4v) is 3.81. The van der Waals surface area contributed by atoms with Crippen LogP contribution in [-0.4, -0.2) is 48.3 Å². The first-order chi connectivity index (χ1) is 16.6. The number of aromatic nitrogens is 2. The zero-order chi connectivity index (χ0) is 23.8. The molecule has 0 aliphatic rings. The molecule has 0 bridgehead atoms. The normalized spacial score (nSPS) is 11.1. The number of imidazole rings is 1. The number of hydrogen-bond donors (Lipinski definition) is 0. The van der Waals surface area contributed by atoms with Crippen molar-refractivity contribution in [3.63, 3.8) is 0 Å². The van der Waals surface area contributed by atoms with Gasteiger partial charge < -0.3 is 18.9 Å². The molecule has 0 N–H and O–H groups in total. The second kappa shape index (κ2) is 11.7. The van der Waals surface area contributed by atoms with Crippen LogP contribution in [0.2, 0.25) is 5.02 Å². The third kappa shape index (κ3) is 6.86.